The maximum Gasteiger partial charge on any atom is 0.303 e. The predicted molar refractivity (Wildman–Crippen MR) is 121 cm³/mol. The first-order valence-electron chi connectivity index (χ1n) is 12.2. The van der Waals surface area contributed by atoms with Crippen LogP contribution in [0.3, 0.4) is 0 Å². The van der Waals surface area contributed by atoms with Gasteiger partial charge in [0.25, 0.3) is 0 Å². The van der Waals surface area contributed by atoms with Crippen LogP contribution in [0.4, 0.5) is 0 Å². The Balaban J connectivity index is 1.46. The summed E-state index contributed by atoms with van der Waals surface area (Å²) in [6.45, 7) is 6.01. The van der Waals surface area contributed by atoms with Gasteiger partial charge in [-0.2, -0.15) is 0 Å². The lowest BCUT2D eigenvalue weighted by molar-refractivity contribution is -0.233. The average molecular weight is 469 g/mol. The molecular weight excluding hydrogens is 436 g/mol. The highest BCUT2D eigenvalue weighted by Crippen LogP contribution is 2.72. The van der Waals surface area contributed by atoms with Crippen molar-refractivity contribution in [3.05, 3.63) is 23.8 Å². The number of likely N-dealkylation sites (tertiary alicyclic amines) is 1. The second-order valence-electron chi connectivity index (χ2n) is 12.0. The SMILES string of the molecule is CC1(C)C(=O)N([C@@H]2C3CC4C[C@H]2C(C)(CC(=O)O)[C@@](C(N)=O)(C4)C3)C1c1cccc2c1OCO2. The summed E-state index contributed by atoms with van der Waals surface area (Å²) in [7, 11) is 0. The topological polar surface area (TPSA) is 119 Å². The molecule has 2 heterocycles. The van der Waals surface area contributed by atoms with Gasteiger partial charge in [0.05, 0.1) is 23.3 Å². The van der Waals surface area contributed by atoms with Gasteiger partial charge >= 0.3 is 5.97 Å². The molecule has 4 aliphatic carbocycles. The van der Waals surface area contributed by atoms with Gasteiger partial charge in [-0.05, 0) is 68.8 Å². The highest BCUT2D eigenvalue weighted by Gasteiger charge is 2.72. The summed E-state index contributed by atoms with van der Waals surface area (Å²) in [6.07, 6.45) is 2.86. The lowest BCUT2D eigenvalue weighted by atomic mass is 9.36. The van der Waals surface area contributed by atoms with E-state index >= 15 is 0 Å². The van der Waals surface area contributed by atoms with Crippen molar-refractivity contribution in [2.24, 2.45) is 39.7 Å². The van der Waals surface area contributed by atoms with E-state index in [-0.39, 0.29) is 48.9 Å². The fourth-order valence-corrected chi connectivity index (χ4v) is 8.72. The molecule has 7 atom stereocenters. The number of para-hydroxylation sites is 1. The van der Waals surface area contributed by atoms with Gasteiger partial charge in [0.15, 0.2) is 11.5 Å². The molecule has 1 aromatic rings. The highest BCUT2D eigenvalue weighted by atomic mass is 16.7. The van der Waals surface area contributed by atoms with Gasteiger partial charge in [-0.15, -0.1) is 0 Å². The number of fused-ring (bicyclic) bond motifs is 1. The average Bonchev–Trinajstić information content (AvgIpc) is 3.24. The Morgan fingerprint density at radius 2 is 1.94 bits per heavy atom. The van der Waals surface area contributed by atoms with Crippen molar-refractivity contribution in [3.63, 3.8) is 0 Å². The zero-order valence-electron chi connectivity index (χ0n) is 19.9. The van der Waals surface area contributed by atoms with Crippen LogP contribution in [0.25, 0.3) is 0 Å². The third-order valence-electron chi connectivity index (χ3n) is 10.1. The van der Waals surface area contributed by atoms with E-state index in [9.17, 15) is 19.5 Å². The van der Waals surface area contributed by atoms with Crippen LogP contribution in [0, 0.1) is 34.0 Å². The number of amides is 2. The first kappa shape index (κ1) is 21.7. The van der Waals surface area contributed by atoms with E-state index in [1.165, 1.54) is 0 Å². The first-order valence-corrected chi connectivity index (χ1v) is 12.2. The second kappa shape index (κ2) is 6.67. The van der Waals surface area contributed by atoms with Gasteiger partial charge in [0.2, 0.25) is 18.6 Å². The largest absolute Gasteiger partial charge is 0.481 e. The Morgan fingerprint density at radius 3 is 2.65 bits per heavy atom. The molecule has 34 heavy (non-hydrogen) atoms. The summed E-state index contributed by atoms with van der Waals surface area (Å²) in [5.74, 6) is 0.499. The molecule has 2 amide bonds. The number of carboxylic acids is 1. The zero-order valence-corrected chi connectivity index (χ0v) is 19.9. The second-order valence-corrected chi connectivity index (χ2v) is 12.0. The van der Waals surface area contributed by atoms with Crippen molar-refractivity contribution in [1.82, 2.24) is 4.90 Å². The van der Waals surface area contributed by atoms with Gasteiger partial charge in [-0.25, -0.2) is 0 Å². The van der Waals surface area contributed by atoms with Crippen LogP contribution in [-0.2, 0) is 14.4 Å². The van der Waals surface area contributed by atoms with Crippen molar-refractivity contribution in [3.8, 4) is 11.5 Å². The molecule has 182 valence electrons. The van der Waals surface area contributed by atoms with E-state index in [4.69, 9.17) is 15.2 Å². The van der Waals surface area contributed by atoms with Crippen molar-refractivity contribution in [2.45, 2.75) is 65.0 Å². The molecule has 8 nitrogen and oxygen atoms in total. The molecule has 0 aromatic heterocycles. The minimum absolute atomic E-state index is 0.0669. The van der Waals surface area contributed by atoms with Crippen LogP contribution in [0.15, 0.2) is 18.2 Å². The number of carbonyl (C=O) groups excluding carboxylic acids is 2. The summed E-state index contributed by atoms with van der Waals surface area (Å²) in [6, 6.07) is 5.45. The zero-order chi connectivity index (χ0) is 24.2. The number of carbonyl (C=O) groups is 3. The fourth-order valence-electron chi connectivity index (χ4n) is 8.72. The van der Waals surface area contributed by atoms with Crippen molar-refractivity contribution >= 4 is 17.8 Å². The van der Waals surface area contributed by atoms with Crippen molar-refractivity contribution in [1.29, 1.82) is 0 Å². The van der Waals surface area contributed by atoms with Crippen molar-refractivity contribution in [2.75, 3.05) is 6.79 Å². The molecule has 4 saturated carbocycles. The number of ether oxygens (including phenoxy) is 2. The van der Waals surface area contributed by atoms with Crippen LogP contribution in [0.2, 0.25) is 0 Å². The molecule has 2 aliphatic heterocycles. The third kappa shape index (κ3) is 2.46. The number of rotatable bonds is 5. The van der Waals surface area contributed by atoms with Crippen molar-refractivity contribution < 1.29 is 29.0 Å². The summed E-state index contributed by atoms with van der Waals surface area (Å²) >= 11 is 0. The monoisotopic (exact) mass is 468 g/mol. The summed E-state index contributed by atoms with van der Waals surface area (Å²) < 4.78 is 11.4. The molecule has 1 aromatic carbocycles. The number of carboxylic acid groups (broad SMARTS) is 1. The normalized spacial score (nSPS) is 40.9. The number of aliphatic carboxylic acids is 1. The molecule has 4 bridgehead atoms. The Bertz CT molecular complexity index is 1120. The van der Waals surface area contributed by atoms with Crippen LogP contribution in [-0.4, -0.2) is 40.6 Å². The number of hydrogen-bond acceptors (Lipinski definition) is 5. The van der Waals surface area contributed by atoms with Crippen LogP contribution in [0.1, 0.15) is 64.5 Å². The molecule has 6 aliphatic rings. The fraction of sp³-hybridized carbons (Fsp3) is 0.654. The van der Waals surface area contributed by atoms with E-state index in [0.29, 0.717) is 30.3 Å². The van der Waals surface area contributed by atoms with Gasteiger partial charge in [-0.1, -0.05) is 19.1 Å². The minimum Gasteiger partial charge on any atom is -0.481 e. The standard InChI is InChI=1S/C26H32N2O6/c1-24(2)21(15-5-4-6-17-20(15)34-12-33-17)28(23(24)32)19-14-7-13-8-16(19)25(3,11-18(29)30)26(9-13,10-14)22(27)31/h4-6,13-14,16,19,21H,7-12H2,1-3H3,(H2,27,31)(H,29,30)/t13?,14?,16-,19-,21?,25?,26+/m1/s1. The smallest absolute Gasteiger partial charge is 0.303 e. The molecule has 1 saturated heterocycles. The lowest BCUT2D eigenvalue weighted by Crippen LogP contribution is -2.75. The molecule has 5 fully saturated rings. The van der Waals surface area contributed by atoms with Crippen LogP contribution in [0.5, 0.6) is 11.5 Å². The van der Waals surface area contributed by atoms with Gasteiger partial charge in [-0.3, -0.25) is 14.4 Å². The van der Waals surface area contributed by atoms with E-state index in [0.717, 1.165) is 18.4 Å². The number of hydrogen-bond donors (Lipinski definition) is 2. The minimum atomic E-state index is -0.924. The predicted octanol–water partition coefficient (Wildman–Crippen LogP) is 3.10. The summed E-state index contributed by atoms with van der Waals surface area (Å²) in [5, 5.41) is 9.86. The van der Waals surface area contributed by atoms with E-state index in [1.807, 2.05) is 43.9 Å². The molecular formula is C26H32N2O6. The molecule has 4 unspecified atom stereocenters. The molecule has 8 heteroatoms. The number of β-lactam (4-membered cyclic amide) rings is 1. The summed E-state index contributed by atoms with van der Waals surface area (Å²) in [5.41, 5.74) is 4.69. The molecule has 0 spiro atoms. The lowest BCUT2D eigenvalue weighted by Gasteiger charge is -2.71. The molecule has 3 N–H and O–H groups in total. The van der Waals surface area contributed by atoms with Crippen LogP contribution >= 0.6 is 0 Å². The van der Waals surface area contributed by atoms with E-state index in [2.05, 4.69) is 0 Å². The number of benzene rings is 1. The van der Waals surface area contributed by atoms with Crippen LogP contribution < -0.4 is 15.2 Å². The van der Waals surface area contributed by atoms with E-state index < -0.39 is 22.2 Å². The maximum absolute atomic E-state index is 13.7. The first-order chi connectivity index (χ1) is 16.0. The quantitative estimate of drug-likeness (QED) is 0.641. The maximum atomic E-state index is 13.7. The Morgan fingerprint density at radius 1 is 1.18 bits per heavy atom. The van der Waals surface area contributed by atoms with E-state index in [1.54, 1.807) is 0 Å². The van der Waals surface area contributed by atoms with Gasteiger partial charge < -0.3 is 25.2 Å². The van der Waals surface area contributed by atoms with Gasteiger partial charge in [0.1, 0.15) is 0 Å². The highest BCUT2D eigenvalue weighted by molar-refractivity contribution is 5.91. The molecule has 7 rings (SSSR count). The summed E-state index contributed by atoms with van der Waals surface area (Å²) in [4.78, 5) is 40.6. The number of nitrogens with zero attached hydrogens (tertiary/aromatic N) is 1. The Labute approximate surface area is 198 Å². The molecule has 0 radical (unpaired) electrons. The third-order valence-corrected chi connectivity index (χ3v) is 10.1. The number of nitrogens with two attached hydrogens (primary N) is 1. The van der Waals surface area contributed by atoms with Gasteiger partial charge in [0, 0.05) is 11.6 Å². The Kier molecular flexibility index (Phi) is 4.27. The number of primary amides is 1. The Hall–Kier alpha value is -2.77.